The number of nitrogens with zero attached hydrogens (tertiary/aromatic N) is 3. The van der Waals surface area contributed by atoms with E-state index in [1.807, 2.05) is 68.4 Å². The maximum absolute atomic E-state index is 13.4. The third kappa shape index (κ3) is 5.09. The topological polar surface area (TPSA) is 76.5 Å². The second-order valence-corrected chi connectivity index (χ2v) is 7.88. The van der Waals surface area contributed by atoms with E-state index in [0.29, 0.717) is 41.3 Å². The van der Waals surface area contributed by atoms with Crippen LogP contribution < -0.4 is 10.1 Å². The first-order chi connectivity index (χ1) is 17.0. The minimum Gasteiger partial charge on any atom is -0.496 e. The zero-order valence-corrected chi connectivity index (χ0v) is 20.1. The van der Waals surface area contributed by atoms with Gasteiger partial charge in [-0.05, 0) is 62.4 Å². The molecule has 0 spiro atoms. The van der Waals surface area contributed by atoms with Crippen molar-refractivity contribution in [1.29, 1.82) is 0 Å². The van der Waals surface area contributed by atoms with Gasteiger partial charge in [-0.2, -0.15) is 5.10 Å². The highest BCUT2D eigenvalue weighted by molar-refractivity contribution is 6.08. The fourth-order valence-electron chi connectivity index (χ4n) is 3.88. The number of carbonyl (C=O) groups is 2. The van der Waals surface area contributed by atoms with E-state index in [0.717, 1.165) is 11.3 Å². The van der Waals surface area contributed by atoms with Crippen molar-refractivity contribution in [2.75, 3.05) is 25.5 Å². The summed E-state index contributed by atoms with van der Waals surface area (Å²) >= 11 is 0. The molecule has 0 atom stereocenters. The van der Waals surface area contributed by atoms with Gasteiger partial charge in [0.15, 0.2) is 0 Å². The summed E-state index contributed by atoms with van der Waals surface area (Å²) < 4.78 is 7.21. The van der Waals surface area contributed by atoms with Crippen LogP contribution in [-0.2, 0) is 0 Å². The Balaban J connectivity index is 1.66. The lowest BCUT2D eigenvalue weighted by atomic mass is 10.1. The molecule has 3 aromatic carbocycles. The molecular weight excluding hydrogens is 440 g/mol. The van der Waals surface area contributed by atoms with Crippen LogP contribution >= 0.6 is 0 Å². The minimum absolute atomic E-state index is 0.0320. The van der Waals surface area contributed by atoms with Crippen LogP contribution in [0.5, 0.6) is 5.75 Å². The third-order valence-corrected chi connectivity index (χ3v) is 5.78. The fourth-order valence-corrected chi connectivity index (χ4v) is 3.88. The number of para-hydroxylation sites is 2. The van der Waals surface area contributed by atoms with Crippen molar-refractivity contribution in [2.24, 2.45) is 0 Å². The molecule has 0 saturated carbocycles. The summed E-state index contributed by atoms with van der Waals surface area (Å²) in [6.45, 7) is 5.19. The van der Waals surface area contributed by atoms with Crippen LogP contribution in [0.4, 0.5) is 5.69 Å². The number of methoxy groups -OCH3 is 1. The van der Waals surface area contributed by atoms with Crippen LogP contribution in [-0.4, -0.2) is 46.7 Å². The summed E-state index contributed by atoms with van der Waals surface area (Å²) in [7, 11) is 1.59. The van der Waals surface area contributed by atoms with E-state index in [1.165, 1.54) is 0 Å². The molecule has 1 N–H and O–H groups in total. The Morgan fingerprint density at radius 1 is 0.914 bits per heavy atom. The molecule has 7 nitrogen and oxygen atoms in total. The maximum atomic E-state index is 13.4. The van der Waals surface area contributed by atoms with Gasteiger partial charge in [0.25, 0.3) is 11.8 Å². The Labute approximate surface area is 205 Å². The van der Waals surface area contributed by atoms with Gasteiger partial charge >= 0.3 is 0 Å². The molecule has 0 bridgehead atoms. The van der Waals surface area contributed by atoms with Gasteiger partial charge in [-0.15, -0.1) is 0 Å². The Morgan fingerprint density at radius 2 is 1.57 bits per heavy atom. The average molecular weight is 469 g/mol. The van der Waals surface area contributed by atoms with Crippen molar-refractivity contribution >= 4 is 17.5 Å². The molecule has 178 valence electrons. The summed E-state index contributed by atoms with van der Waals surface area (Å²) in [5.41, 5.74) is 3.64. The van der Waals surface area contributed by atoms with Gasteiger partial charge in [0, 0.05) is 36.1 Å². The van der Waals surface area contributed by atoms with E-state index < -0.39 is 0 Å². The highest BCUT2D eigenvalue weighted by atomic mass is 16.5. The monoisotopic (exact) mass is 468 g/mol. The summed E-state index contributed by atoms with van der Waals surface area (Å²) in [5, 5.41) is 7.66. The molecule has 0 aliphatic rings. The number of hydrogen-bond donors (Lipinski definition) is 1. The second-order valence-electron chi connectivity index (χ2n) is 7.88. The molecule has 7 heteroatoms. The summed E-state index contributed by atoms with van der Waals surface area (Å²) in [4.78, 5) is 27.7. The van der Waals surface area contributed by atoms with E-state index in [2.05, 4.69) is 5.32 Å². The smallest absolute Gasteiger partial charge is 0.259 e. The molecule has 4 aromatic rings. The van der Waals surface area contributed by atoms with Crippen LogP contribution in [0, 0.1) is 0 Å². The first-order valence-corrected chi connectivity index (χ1v) is 11.5. The summed E-state index contributed by atoms with van der Waals surface area (Å²) in [6, 6.07) is 24.0. The Morgan fingerprint density at radius 3 is 2.23 bits per heavy atom. The molecule has 1 heterocycles. The van der Waals surface area contributed by atoms with Crippen molar-refractivity contribution in [2.45, 2.75) is 13.8 Å². The molecule has 0 radical (unpaired) electrons. The second kappa shape index (κ2) is 10.7. The molecule has 0 saturated heterocycles. The highest BCUT2D eigenvalue weighted by Gasteiger charge is 2.21. The molecule has 1 aromatic heterocycles. The molecule has 0 unspecified atom stereocenters. The van der Waals surface area contributed by atoms with Crippen molar-refractivity contribution < 1.29 is 14.3 Å². The lowest BCUT2D eigenvalue weighted by molar-refractivity contribution is 0.0773. The van der Waals surface area contributed by atoms with Crippen LogP contribution in [0.2, 0.25) is 0 Å². The van der Waals surface area contributed by atoms with Crippen molar-refractivity contribution in [1.82, 2.24) is 14.7 Å². The first kappa shape index (κ1) is 23.8. The number of nitrogens with one attached hydrogen (secondary N) is 1. The predicted octanol–water partition coefficient (Wildman–Crippen LogP) is 5.28. The number of benzene rings is 3. The number of rotatable bonds is 8. The van der Waals surface area contributed by atoms with E-state index in [4.69, 9.17) is 9.84 Å². The Bertz CT molecular complexity index is 1310. The molecule has 35 heavy (non-hydrogen) atoms. The van der Waals surface area contributed by atoms with Gasteiger partial charge in [0.1, 0.15) is 11.4 Å². The number of anilines is 1. The van der Waals surface area contributed by atoms with E-state index >= 15 is 0 Å². The lowest BCUT2D eigenvalue weighted by Crippen LogP contribution is -2.30. The van der Waals surface area contributed by atoms with E-state index in [9.17, 15) is 9.59 Å². The van der Waals surface area contributed by atoms with Gasteiger partial charge < -0.3 is 15.0 Å². The van der Waals surface area contributed by atoms with E-state index in [-0.39, 0.29) is 11.8 Å². The van der Waals surface area contributed by atoms with E-state index in [1.54, 1.807) is 47.2 Å². The van der Waals surface area contributed by atoms with Crippen molar-refractivity contribution in [3.8, 4) is 22.7 Å². The van der Waals surface area contributed by atoms with Crippen molar-refractivity contribution in [3.05, 3.63) is 96.2 Å². The minimum atomic E-state index is -0.309. The highest BCUT2D eigenvalue weighted by Crippen LogP contribution is 2.32. The quantitative estimate of drug-likeness (QED) is 0.382. The Hall–Kier alpha value is -4.39. The number of ether oxygens (including phenoxy) is 1. The Kier molecular flexibility index (Phi) is 7.26. The maximum Gasteiger partial charge on any atom is 0.259 e. The van der Waals surface area contributed by atoms with Crippen molar-refractivity contribution in [3.63, 3.8) is 0 Å². The summed E-state index contributed by atoms with van der Waals surface area (Å²) in [5.74, 6) is 0.283. The van der Waals surface area contributed by atoms with Crippen LogP contribution in [0.1, 0.15) is 34.6 Å². The summed E-state index contributed by atoms with van der Waals surface area (Å²) in [6.07, 6.45) is 1.71. The fraction of sp³-hybridized carbons (Fsp3) is 0.179. The predicted molar refractivity (Wildman–Crippen MR) is 137 cm³/mol. The SMILES string of the molecule is CCN(CC)C(=O)c1ccc(NC(=O)c2cn(-c3ccccc3)nc2-c2ccccc2OC)cc1. The number of carbonyl (C=O) groups excluding carboxylic acids is 2. The van der Waals surface area contributed by atoms with Gasteiger partial charge in [-0.3, -0.25) is 9.59 Å². The van der Waals surface area contributed by atoms with Crippen LogP contribution in [0.25, 0.3) is 16.9 Å². The van der Waals surface area contributed by atoms with Gasteiger partial charge in [-0.1, -0.05) is 30.3 Å². The zero-order valence-electron chi connectivity index (χ0n) is 20.1. The molecule has 0 fully saturated rings. The van der Waals surface area contributed by atoms with Gasteiger partial charge in [0.2, 0.25) is 0 Å². The normalized spacial score (nSPS) is 10.6. The molecule has 4 rings (SSSR count). The number of aromatic nitrogens is 2. The molecule has 2 amide bonds. The number of amides is 2. The molecule has 0 aliphatic heterocycles. The first-order valence-electron chi connectivity index (χ1n) is 11.5. The van der Waals surface area contributed by atoms with Gasteiger partial charge in [0.05, 0.1) is 18.4 Å². The standard InChI is InChI=1S/C28H28N4O3/c1-4-31(5-2)28(34)20-15-17-21(18-16-20)29-27(33)24-19-32(22-11-7-6-8-12-22)30-26(24)23-13-9-10-14-25(23)35-3/h6-19H,4-5H2,1-3H3,(H,29,33). The van der Waals surface area contributed by atoms with Crippen LogP contribution in [0.15, 0.2) is 85.1 Å². The average Bonchev–Trinajstić information content (AvgIpc) is 3.36. The zero-order chi connectivity index (χ0) is 24.8. The molecule has 0 aliphatic carbocycles. The van der Waals surface area contributed by atoms with Gasteiger partial charge in [-0.25, -0.2) is 4.68 Å². The number of hydrogen-bond acceptors (Lipinski definition) is 4. The van der Waals surface area contributed by atoms with Crippen LogP contribution in [0.3, 0.4) is 0 Å². The molecular formula is C28H28N4O3. The lowest BCUT2D eigenvalue weighted by Gasteiger charge is -2.18. The largest absolute Gasteiger partial charge is 0.496 e. The third-order valence-electron chi connectivity index (χ3n) is 5.78.